The summed E-state index contributed by atoms with van der Waals surface area (Å²) in [4.78, 5) is 15.0. The lowest BCUT2D eigenvalue weighted by Crippen LogP contribution is -2.23. The number of hydrogen-bond donors (Lipinski definition) is 1. The Labute approximate surface area is 156 Å². The normalized spacial score (nSPS) is 13.3. The maximum atomic E-state index is 13.6. The average molecular weight is 369 g/mol. The monoisotopic (exact) mass is 368 g/mol. The zero-order valence-corrected chi connectivity index (χ0v) is 15.3. The summed E-state index contributed by atoms with van der Waals surface area (Å²) in [5.41, 5.74) is 1.81. The van der Waals surface area contributed by atoms with E-state index in [0.29, 0.717) is 28.9 Å². The van der Waals surface area contributed by atoms with Crippen LogP contribution in [-0.2, 0) is 18.3 Å². The molecule has 1 aromatic heterocycles. The molecule has 0 aliphatic rings. The number of aromatic nitrogens is 1. The quantitative estimate of drug-likeness (QED) is 0.711. The van der Waals surface area contributed by atoms with Gasteiger partial charge in [0.25, 0.3) is 5.56 Å². The van der Waals surface area contributed by atoms with Crippen LogP contribution in [0, 0.1) is 17.1 Å². The van der Waals surface area contributed by atoms with Gasteiger partial charge in [0.2, 0.25) is 0 Å². The first-order chi connectivity index (χ1) is 12.3. The fraction of sp³-hybridized carbons (Fsp3) is 0.238. The number of nitriles is 1. The number of aryl methyl sites for hydroxylation is 1. The zero-order chi connectivity index (χ0) is 18.9. The summed E-state index contributed by atoms with van der Waals surface area (Å²) >= 11 is 5.93. The highest BCUT2D eigenvalue weighted by Crippen LogP contribution is 2.30. The molecule has 0 amide bonds. The second-order valence-corrected chi connectivity index (χ2v) is 7.11. The van der Waals surface area contributed by atoms with Crippen molar-refractivity contribution >= 4 is 22.5 Å². The number of benzene rings is 2. The van der Waals surface area contributed by atoms with Crippen molar-refractivity contribution in [1.82, 2.24) is 4.98 Å². The Hall–Kier alpha value is -2.64. The smallest absolute Gasteiger partial charge is 0.251 e. The minimum atomic E-state index is -0.883. The molecular weight excluding hydrogens is 351 g/mol. The first-order valence-electron chi connectivity index (χ1n) is 8.37. The van der Waals surface area contributed by atoms with E-state index in [1.165, 1.54) is 12.1 Å². The summed E-state index contributed by atoms with van der Waals surface area (Å²) in [7, 11) is 0. The molecule has 132 valence electrons. The molecular formula is C21H18ClFN2O. The van der Waals surface area contributed by atoms with Crippen LogP contribution in [-0.4, -0.2) is 4.98 Å². The van der Waals surface area contributed by atoms with Gasteiger partial charge in [0, 0.05) is 16.1 Å². The van der Waals surface area contributed by atoms with E-state index in [4.69, 9.17) is 11.6 Å². The third kappa shape index (κ3) is 3.49. The van der Waals surface area contributed by atoms with Crippen LogP contribution in [0.4, 0.5) is 4.39 Å². The van der Waals surface area contributed by atoms with Crippen LogP contribution >= 0.6 is 11.6 Å². The van der Waals surface area contributed by atoms with E-state index in [0.717, 1.165) is 16.5 Å². The minimum absolute atomic E-state index is 0.118. The van der Waals surface area contributed by atoms with E-state index in [1.54, 1.807) is 13.0 Å². The number of aromatic amines is 1. The molecule has 0 fully saturated rings. The van der Waals surface area contributed by atoms with Gasteiger partial charge in [0.15, 0.2) is 0 Å². The zero-order valence-electron chi connectivity index (χ0n) is 14.6. The Morgan fingerprint density at radius 1 is 1.23 bits per heavy atom. The Morgan fingerprint density at radius 3 is 2.65 bits per heavy atom. The summed E-state index contributed by atoms with van der Waals surface area (Å²) in [5.74, 6) is -0.428. The summed E-state index contributed by atoms with van der Waals surface area (Å²) < 4.78 is 13.6. The fourth-order valence-electron chi connectivity index (χ4n) is 3.18. The summed E-state index contributed by atoms with van der Waals surface area (Å²) in [6, 6.07) is 14.1. The molecule has 3 nitrogen and oxygen atoms in total. The van der Waals surface area contributed by atoms with Crippen molar-refractivity contribution < 1.29 is 4.39 Å². The predicted octanol–water partition coefficient (Wildman–Crippen LogP) is 4.91. The van der Waals surface area contributed by atoms with E-state index in [9.17, 15) is 14.4 Å². The standard InChI is InChI=1S/C21H18ClFN2O/c1-3-14-8-15-4-5-16(9-19(15)25-20(14)26)21(2,12-24)11-13-6-17(22)10-18(23)7-13/h4-10H,3,11H2,1-2H3,(H,25,26). The van der Waals surface area contributed by atoms with Crippen LogP contribution in [0.2, 0.25) is 5.02 Å². The van der Waals surface area contributed by atoms with Crippen molar-refractivity contribution in [3.63, 3.8) is 0 Å². The van der Waals surface area contributed by atoms with E-state index < -0.39 is 11.2 Å². The van der Waals surface area contributed by atoms with Gasteiger partial charge in [-0.3, -0.25) is 4.79 Å². The molecule has 0 saturated carbocycles. The highest BCUT2D eigenvalue weighted by Gasteiger charge is 2.27. The third-order valence-corrected chi connectivity index (χ3v) is 4.89. The lowest BCUT2D eigenvalue weighted by atomic mass is 9.78. The Morgan fingerprint density at radius 2 is 2.00 bits per heavy atom. The molecule has 1 atom stereocenters. The van der Waals surface area contributed by atoms with Gasteiger partial charge in [0.1, 0.15) is 5.82 Å². The molecule has 0 spiro atoms. The first-order valence-corrected chi connectivity index (χ1v) is 8.75. The summed E-state index contributed by atoms with van der Waals surface area (Å²) in [6.07, 6.45) is 0.965. The van der Waals surface area contributed by atoms with Crippen molar-refractivity contribution in [2.75, 3.05) is 0 Å². The molecule has 0 aliphatic heterocycles. The van der Waals surface area contributed by atoms with Crippen molar-refractivity contribution in [3.8, 4) is 6.07 Å². The number of pyridine rings is 1. The van der Waals surface area contributed by atoms with E-state index in [-0.39, 0.29) is 5.56 Å². The number of rotatable bonds is 4. The highest BCUT2D eigenvalue weighted by molar-refractivity contribution is 6.30. The number of H-pyrrole nitrogens is 1. The van der Waals surface area contributed by atoms with Crippen molar-refractivity contribution in [2.45, 2.75) is 32.1 Å². The molecule has 5 heteroatoms. The lowest BCUT2D eigenvalue weighted by molar-refractivity contribution is 0.594. The molecule has 1 unspecified atom stereocenters. The first kappa shape index (κ1) is 18.2. The molecule has 0 saturated heterocycles. The number of nitrogens with one attached hydrogen (secondary N) is 1. The largest absolute Gasteiger partial charge is 0.322 e. The maximum absolute atomic E-state index is 13.6. The van der Waals surface area contributed by atoms with Gasteiger partial charge >= 0.3 is 0 Å². The number of halogens is 2. The van der Waals surface area contributed by atoms with Crippen LogP contribution in [0.5, 0.6) is 0 Å². The summed E-state index contributed by atoms with van der Waals surface area (Å²) in [5, 5.41) is 11.0. The average Bonchev–Trinajstić information content (AvgIpc) is 2.59. The predicted molar refractivity (Wildman–Crippen MR) is 102 cm³/mol. The van der Waals surface area contributed by atoms with Crippen LogP contribution in [0.25, 0.3) is 10.9 Å². The van der Waals surface area contributed by atoms with Crippen LogP contribution in [0.1, 0.15) is 30.5 Å². The fourth-order valence-corrected chi connectivity index (χ4v) is 3.42. The van der Waals surface area contributed by atoms with Gasteiger partial charge in [-0.1, -0.05) is 30.7 Å². The number of hydrogen-bond acceptors (Lipinski definition) is 2. The van der Waals surface area contributed by atoms with E-state index in [1.807, 2.05) is 31.2 Å². The van der Waals surface area contributed by atoms with Gasteiger partial charge in [-0.15, -0.1) is 0 Å². The molecule has 0 radical (unpaired) electrons. The van der Waals surface area contributed by atoms with Crippen LogP contribution < -0.4 is 5.56 Å². The molecule has 1 N–H and O–H groups in total. The third-order valence-electron chi connectivity index (χ3n) is 4.67. The van der Waals surface area contributed by atoms with Gasteiger partial charge in [0.05, 0.1) is 11.5 Å². The molecule has 0 aliphatic carbocycles. The van der Waals surface area contributed by atoms with Gasteiger partial charge in [-0.2, -0.15) is 5.26 Å². The van der Waals surface area contributed by atoms with Crippen LogP contribution in [0.3, 0.4) is 0 Å². The highest BCUT2D eigenvalue weighted by atomic mass is 35.5. The van der Waals surface area contributed by atoms with Crippen molar-refractivity contribution in [3.05, 3.63) is 80.3 Å². The minimum Gasteiger partial charge on any atom is -0.322 e. The number of nitrogens with zero attached hydrogens (tertiary/aromatic N) is 1. The Bertz CT molecular complexity index is 1060. The molecule has 26 heavy (non-hydrogen) atoms. The van der Waals surface area contributed by atoms with E-state index >= 15 is 0 Å². The SMILES string of the molecule is CCc1cc2ccc(C(C)(C#N)Cc3cc(F)cc(Cl)c3)cc2[nH]c1=O. The van der Waals surface area contributed by atoms with E-state index in [2.05, 4.69) is 11.1 Å². The lowest BCUT2D eigenvalue weighted by Gasteiger charge is -2.23. The Balaban J connectivity index is 2.06. The second kappa shape index (κ2) is 6.93. The van der Waals surface area contributed by atoms with Gasteiger partial charge in [-0.25, -0.2) is 4.39 Å². The molecule has 0 bridgehead atoms. The van der Waals surface area contributed by atoms with Gasteiger partial charge < -0.3 is 4.98 Å². The Kier molecular flexibility index (Phi) is 4.84. The van der Waals surface area contributed by atoms with Crippen LogP contribution in [0.15, 0.2) is 47.3 Å². The van der Waals surface area contributed by atoms with Crippen molar-refractivity contribution in [1.29, 1.82) is 5.26 Å². The topological polar surface area (TPSA) is 56.6 Å². The second-order valence-electron chi connectivity index (χ2n) is 6.68. The molecule has 1 heterocycles. The summed E-state index contributed by atoms with van der Waals surface area (Å²) in [6.45, 7) is 3.73. The molecule has 3 rings (SSSR count). The van der Waals surface area contributed by atoms with Crippen molar-refractivity contribution in [2.24, 2.45) is 0 Å². The number of fused-ring (bicyclic) bond motifs is 1. The maximum Gasteiger partial charge on any atom is 0.251 e. The molecule has 3 aromatic rings. The van der Waals surface area contributed by atoms with Gasteiger partial charge in [-0.05, 0) is 66.6 Å². The molecule has 2 aromatic carbocycles.